The molecule has 4 amide bonds. The van der Waals surface area contributed by atoms with Crippen molar-refractivity contribution in [3.63, 3.8) is 0 Å². The summed E-state index contributed by atoms with van der Waals surface area (Å²) in [6, 6.07) is 19.1. The topological polar surface area (TPSA) is 132 Å². The number of piperidine rings is 1. The Kier molecular flexibility index (Phi) is 7.71. The van der Waals surface area contributed by atoms with E-state index in [9.17, 15) is 14.4 Å². The SMILES string of the molecule is Cc1cc(CC(CC(=O)N2CCC(N3Cc4ccccc4NC3=O)CC2)C(=O)Nc2ccccc2N)cc2c1NNC2. The first-order valence-electron chi connectivity index (χ1n) is 14.6. The summed E-state index contributed by atoms with van der Waals surface area (Å²) < 4.78 is 0. The number of hydrazine groups is 1. The maximum Gasteiger partial charge on any atom is 0.322 e. The molecule has 1 unspecified atom stereocenters. The van der Waals surface area contributed by atoms with E-state index in [1.807, 2.05) is 53.1 Å². The molecule has 3 aromatic rings. The Labute approximate surface area is 245 Å². The molecule has 0 saturated carbocycles. The number of aryl methyl sites for hydroxylation is 1. The summed E-state index contributed by atoms with van der Waals surface area (Å²) >= 11 is 0. The van der Waals surface area contributed by atoms with Crippen LogP contribution >= 0.6 is 0 Å². The number of hydrogen-bond acceptors (Lipinski definition) is 6. The molecule has 0 radical (unpaired) electrons. The summed E-state index contributed by atoms with van der Waals surface area (Å²) in [4.78, 5) is 43.7. The molecule has 3 aromatic carbocycles. The molecule has 3 aliphatic rings. The van der Waals surface area contributed by atoms with Crippen LogP contribution in [-0.2, 0) is 29.1 Å². The number of likely N-dealkylation sites (tertiary alicyclic amines) is 1. The molecule has 3 heterocycles. The average Bonchev–Trinajstić information content (AvgIpc) is 3.47. The van der Waals surface area contributed by atoms with Crippen LogP contribution in [0.5, 0.6) is 0 Å². The first-order chi connectivity index (χ1) is 20.4. The van der Waals surface area contributed by atoms with E-state index in [1.165, 1.54) is 0 Å². The van der Waals surface area contributed by atoms with Crippen LogP contribution in [-0.4, -0.2) is 46.8 Å². The van der Waals surface area contributed by atoms with Crippen molar-refractivity contribution in [2.75, 3.05) is 34.9 Å². The van der Waals surface area contributed by atoms with Crippen molar-refractivity contribution in [2.24, 2.45) is 5.92 Å². The highest BCUT2D eigenvalue weighted by Crippen LogP contribution is 2.30. The van der Waals surface area contributed by atoms with Gasteiger partial charge < -0.3 is 31.6 Å². The number of benzene rings is 3. The van der Waals surface area contributed by atoms with E-state index in [4.69, 9.17) is 5.73 Å². The van der Waals surface area contributed by atoms with Crippen molar-refractivity contribution in [3.8, 4) is 0 Å². The minimum absolute atomic E-state index is 0.0516. The number of carbonyl (C=O) groups excluding carboxylic acids is 3. The van der Waals surface area contributed by atoms with Gasteiger partial charge in [-0.2, -0.15) is 0 Å². The van der Waals surface area contributed by atoms with Crippen molar-refractivity contribution in [2.45, 2.75) is 51.7 Å². The van der Waals surface area contributed by atoms with Crippen molar-refractivity contribution in [1.29, 1.82) is 0 Å². The molecule has 0 aliphatic carbocycles. The van der Waals surface area contributed by atoms with Crippen LogP contribution in [0.15, 0.2) is 60.7 Å². The predicted molar refractivity (Wildman–Crippen MR) is 164 cm³/mol. The van der Waals surface area contributed by atoms with E-state index in [1.54, 1.807) is 12.1 Å². The van der Waals surface area contributed by atoms with E-state index >= 15 is 0 Å². The number of fused-ring (bicyclic) bond motifs is 2. The number of carbonyl (C=O) groups is 3. The van der Waals surface area contributed by atoms with Crippen LogP contribution in [0.25, 0.3) is 0 Å². The number of hydrogen-bond donors (Lipinski definition) is 5. The summed E-state index contributed by atoms with van der Waals surface area (Å²) in [6.45, 7) is 4.40. The maximum absolute atomic E-state index is 13.6. The third-order valence-corrected chi connectivity index (χ3v) is 8.58. The monoisotopic (exact) mass is 567 g/mol. The molecule has 10 heteroatoms. The van der Waals surface area contributed by atoms with Gasteiger partial charge in [0.1, 0.15) is 0 Å². The van der Waals surface area contributed by atoms with Crippen molar-refractivity contribution in [3.05, 3.63) is 82.9 Å². The van der Waals surface area contributed by atoms with Gasteiger partial charge in [-0.15, -0.1) is 0 Å². The number of amides is 4. The van der Waals surface area contributed by atoms with Gasteiger partial charge in [-0.3, -0.25) is 9.59 Å². The van der Waals surface area contributed by atoms with Gasteiger partial charge in [-0.1, -0.05) is 42.5 Å². The third kappa shape index (κ3) is 5.75. The number of urea groups is 1. The van der Waals surface area contributed by atoms with Gasteiger partial charge in [0.25, 0.3) is 0 Å². The number of nitrogens with one attached hydrogen (secondary N) is 4. The Morgan fingerprint density at radius 1 is 1.05 bits per heavy atom. The van der Waals surface area contributed by atoms with E-state index in [0.29, 0.717) is 56.8 Å². The van der Waals surface area contributed by atoms with Crippen LogP contribution in [0.2, 0.25) is 0 Å². The molecule has 0 aromatic heterocycles. The normalized spacial score (nSPS) is 17.1. The lowest BCUT2D eigenvalue weighted by Gasteiger charge is -2.40. The lowest BCUT2D eigenvalue weighted by atomic mass is 9.91. The molecule has 1 saturated heterocycles. The molecular formula is C32H37N7O3. The Morgan fingerprint density at radius 2 is 1.81 bits per heavy atom. The highest BCUT2D eigenvalue weighted by molar-refractivity contribution is 5.97. The number of para-hydroxylation sites is 3. The zero-order valence-corrected chi connectivity index (χ0v) is 23.8. The van der Waals surface area contributed by atoms with Crippen molar-refractivity contribution in [1.82, 2.24) is 15.2 Å². The third-order valence-electron chi connectivity index (χ3n) is 8.58. The Hall–Kier alpha value is -4.57. The largest absolute Gasteiger partial charge is 0.397 e. The predicted octanol–water partition coefficient (Wildman–Crippen LogP) is 4.23. The lowest BCUT2D eigenvalue weighted by Crippen LogP contribution is -2.51. The molecule has 1 atom stereocenters. The summed E-state index contributed by atoms with van der Waals surface area (Å²) in [5.41, 5.74) is 19.7. The van der Waals surface area contributed by atoms with Crippen molar-refractivity contribution < 1.29 is 14.4 Å². The van der Waals surface area contributed by atoms with Crippen LogP contribution in [0.4, 0.5) is 27.5 Å². The minimum atomic E-state index is -0.570. The standard InChI is InChI=1S/C32H37N7O3/c1-20-14-21(16-24-18-34-37-30(20)24)15-23(31(41)35-28-9-5-3-7-26(28)33)17-29(40)38-12-10-25(11-13-38)39-19-22-6-2-4-8-27(22)36-32(39)42/h2-9,14,16,23,25,34,37H,10-13,15,17-19,33H2,1H3,(H,35,41)(H,36,42). The molecule has 10 nitrogen and oxygen atoms in total. The summed E-state index contributed by atoms with van der Waals surface area (Å²) in [5.74, 6) is -0.850. The summed E-state index contributed by atoms with van der Waals surface area (Å²) in [6.07, 6.45) is 1.92. The number of nitrogens with two attached hydrogens (primary N) is 1. The van der Waals surface area contributed by atoms with Gasteiger partial charge in [0.05, 0.1) is 23.0 Å². The fourth-order valence-electron chi connectivity index (χ4n) is 6.28. The van der Waals surface area contributed by atoms with Gasteiger partial charge in [0.2, 0.25) is 11.8 Å². The second-order valence-electron chi connectivity index (χ2n) is 11.4. The van der Waals surface area contributed by atoms with E-state index in [0.717, 1.165) is 33.6 Å². The molecule has 0 spiro atoms. The van der Waals surface area contributed by atoms with Crippen LogP contribution in [0.1, 0.15) is 41.5 Å². The number of nitrogen functional groups attached to an aromatic ring is 1. The van der Waals surface area contributed by atoms with Gasteiger partial charge >= 0.3 is 6.03 Å². The molecule has 0 bridgehead atoms. The first kappa shape index (κ1) is 27.6. The molecule has 6 N–H and O–H groups in total. The van der Waals surface area contributed by atoms with E-state index < -0.39 is 5.92 Å². The smallest absolute Gasteiger partial charge is 0.322 e. The second kappa shape index (κ2) is 11.7. The molecule has 218 valence electrons. The lowest BCUT2D eigenvalue weighted by molar-refractivity contribution is -0.136. The minimum Gasteiger partial charge on any atom is -0.397 e. The Morgan fingerprint density at radius 3 is 2.62 bits per heavy atom. The van der Waals surface area contributed by atoms with Gasteiger partial charge in [-0.25, -0.2) is 10.2 Å². The highest BCUT2D eigenvalue weighted by atomic mass is 16.2. The molecule has 1 fully saturated rings. The number of nitrogens with zero attached hydrogens (tertiary/aromatic N) is 2. The zero-order valence-electron chi connectivity index (χ0n) is 23.8. The molecule has 42 heavy (non-hydrogen) atoms. The van der Waals surface area contributed by atoms with Crippen LogP contribution in [0.3, 0.4) is 0 Å². The summed E-state index contributed by atoms with van der Waals surface area (Å²) in [7, 11) is 0. The zero-order chi connectivity index (χ0) is 29.2. The number of rotatable bonds is 7. The quantitative estimate of drug-likeness (QED) is 0.272. The highest BCUT2D eigenvalue weighted by Gasteiger charge is 2.34. The fraction of sp³-hybridized carbons (Fsp3) is 0.344. The fourth-order valence-corrected chi connectivity index (χ4v) is 6.28. The van der Waals surface area contributed by atoms with Crippen molar-refractivity contribution >= 4 is 40.6 Å². The van der Waals surface area contributed by atoms with Crippen LogP contribution in [0, 0.1) is 12.8 Å². The second-order valence-corrected chi connectivity index (χ2v) is 11.4. The first-order valence-corrected chi connectivity index (χ1v) is 14.6. The Bertz CT molecular complexity index is 1520. The Balaban J connectivity index is 1.13. The summed E-state index contributed by atoms with van der Waals surface area (Å²) in [5, 5.41) is 5.95. The van der Waals surface area contributed by atoms with Crippen LogP contribution < -0.4 is 27.2 Å². The van der Waals surface area contributed by atoms with Gasteiger partial charge in [0.15, 0.2) is 0 Å². The van der Waals surface area contributed by atoms with Gasteiger partial charge in [0, 0.05) is 44.3 Å². The van der Waals surface area contributed by atoms with E-state index in [2.05, 4.69) is 33.6 Å². The van der Waals surface area contributed by atoms with E-state index in [-0.39, 0.29) is 30.3 Å². The molecular weight excluding hydrogens is 530 g/mol. The van der Waals surface area contributed by atoms with Gasteiger partial charge in [-0.05, 0) is 66.6 Å². The number of anilines is 4. The maximum atomic E-state index is 13.6. The molecule has 6 rings (SSSR count). The molecule has 3 aliphatic heterocycles. The average molecular weight is 568 g/mol.